The lowest BCUT2D eigenvalue weighted by molar-refractivity contribution is 0.0997. The van der Waals surface area contributed by atoms with Gasteiger partial charge in [0.15, 0.2) is 4.80 Å². The maximum Gasteiger partial charge on any atom is 0.279 e. The highest BCUT2D eigenvalue weighted by Crippen LogP contribution is 2.29. The summed E-state index contributed by atoms with van der Waals surface area (Å²) in [6, 6.07) is 9.39. The molecular formula is C17H15FN2O2S. The van der Waals surface area contributed by atoms with E-state index < -0.39 is 11.7 Å². The highest BCUT2D eigenvalue weighted by molar-refractivity contribution is 7.16. The van der Waals surface area contributed by atoms with Crippen molar-refractivity contribution in [1.29, 1.82) is 0 Å². The third kappa shape index (κ3) is 2.77. The summed E-state index contributed by atoms with van der Waals surface area (Å²) in [6.45, 7) is 2.00. The number of benzene rings is 2. The van der Waals surface area contributed by atoms with Crippen molar-refractivity contribution in [3.05, 3.63) is 58.1 Å². The molecule has 0 aliphatic heterocycles. The molecule has 0 N–H and O–H groups in total. The average molecular weight is 330 g/mol. The number of thiazole rings is 1. The van der Waals surface area contributed by atoms with Crippen molar-refractivity contribution < 1.29 is 13.9 Å². The van der Waals surface area contributed by atoms with Crippen LogP contribution in [0, 0.1) is 12.7 Å². The molecule has 0 aliphatic carbocycles. The van der Waals surface area contributed by atoms with Crippen LogP contribution in [-0.4, -0.2) is 17.6 Å². The number of nitrogens with zero attached hydrogens (tertiary/aromatic N) is 2. The Balaban J connectivity index is 2.18. The second-order valence-corrected chi connectivity index (χ2v) is 6.11. The van der Waals surface area contributed by atoms with Gasteiger partial charge in [-0.3, -0.25) is 4.79 Å². The SMILES string of the molecule is COc1ccc(C)c2sc(=NC(=O)c3cccc(F)c3)n(C)c12. The summed E-state index contributed by atoms with van der Waals surface area (Å²) >= 11 is 1.41. The number of methoxy groups -OCH3 is 1. The minimum atomic E-state index is -0.469. The van der Waals surface area contributed by atoms with Crippen molar-refractivity contribution in [2.45, 2.75) is 6.92 Å². The lowest BCUT2D eigenvalue weighted by Crippen LogP contribution is -2.13. The number of ether oxygens (including phenoxy) is 1. The number of carbonyl (C=O) groups is 1. The van der Waals surface area contributed by atoms with Crippen LogP contribution in [0.1, 0.15) is 15.9 Å². The van der Waals surface area contributed by atoms with E-state index in [1.807, 2.05) is 30.7 Å². The monoisotopic (exact) mass is 330 g/mol. The van der Waals surface area contributed by atoms with E-state index in [9.17, 15) is 9.18 Å². The van der Waals surface area contributed by atoms with Crippen molar-refractivity contribution in [2.24, 2.45) is 12.0 Å². The van der Waals surface area contributed by atoms with Gasteiger partial charge in [0.2, 0.25) is 0 Å². The van der Waals surface area contributed by atoms with Gasteiger partial charge in [0.1, 0.15) is 17.1 Å². The molecule has 3 aromatic rings. The van der Waals surface area contributed by atoms with Crippen LogP contribution in [0.2, 0.25) is 0 Å². The molecule has 0 unspecified atom stereocenters. The number of hydrogen-bond donors (Lipinski definition) is 0. The van der Waals surface area contributed by atoms with E-state index in [1.165, 1.54) is 29.5 Å². The minimum absolute atomic E-state index is 0.228. The Kier molecular flexibility index (Phi) is 4.00. The van der Waals surface area contributed by atoms with Crippen LogP contribution < -0.4 is 9.54 Å². The first-order valence-corrected chi connectivity index (χ1v) is 7.80. The van der Waals surface area contributed by atoms with Gasteiger partial charge in [0, 0.05) is 12.6 Å². The zero-order chi connectivity index (χ0) is 16.6. The fraction of sp³-hybridized carbons (Fsp3) is 0.176. The van der Waals surface area contributed by atoms with Gasteiger partial charge in [-0.1, -0.05) is 23.5 Å². The molecule has 2 aromatic carbocycles. The molecule has 0 atom stereocenters. The van der Waals surface area contributed by atoms with E-state index in [2.05, 4.69) is 4.99 Å². The Morgan fingerprint density at radius 3 is 2.78 bits per heavy atom. The molecule has 6 heteroatoms. The molecule has 3 rings (SSSR count). The van der Waals surface area contributed by atoms with Crippen LogP contribution in [0.4, 0.5) is 4.39 Å². The highest BCUT2D eigenvalue weighted by atomic mass is 32.1. The molecule has 1 aromatic heterocycles. The van der Waals surface area contributed by atoms with Gasteiger partial charge in [-0.25, -0.2) is 4.39 Å². The standard InChI is InChI=1S/C17H15FN2O2S/c1-10-7-8-13(22-3)14-15(10)23-17(20(14)2)19-16(21)11-5-4-6-12(18)9-11/h4-9H,1-3H3. The summed E-state index contributed by atoms with van der Waals surface area (Å²) in [5.74, 6) is -0.198. The van der Waals surface area contributed by atoms with Crippen LogP contribution in [-0.2, 0) is 7.05 Å². The zero-order valence-electron chi connectivity index (χ0n) is 13.0. The molecule has 23 heavy (non-hydrogen) atoms. The van der Waals surface area contributed by atoms with Crippen LogP contribution in [0.5, 0.6) is 5.75 Å². The summed E-state index contributed by atoms with van der Waals surface area (Å²) in [7, 11) is 3.44. The van der Waals surface area contributed by atoms with Gasteiger partial charge in [0.05, 0.1) is 11.8 Å². The number of hydrogen-bond acceptors (Lipinski definition) is 3. The van der Waals surface area contributed by atoms with Crippen LogP contribution >= 0.6 is 11.3 Å². The number of aryl methyl sites for hydroxylation is 2. The molecule has 1 heterocycles. The molecule has 4 nitrogen and oxygen atoms in total. The number of fused-ring (bicyclic) bond motifs is 1. The Morgan fingerprint density at radius 2 is 2.09 bits per heavy atom. The molecule has 0 saturated carbocycles. The Labute approximate surface area is 136 Å². The average Bonchev–Trinajstić information content (AvgIpc) is 2.86. The van der Waals surface area contributed by atoms with Gasteiger partial charge in [-0.05, 0) is 36.8 Å². The van der Waals surface area contributed by atoms with E-state index in [4.69, 9.17) is 4.74 Å². The van der Waals surface area contributed by atoms with E-state index in [0.717, 1.165) is 21.5 Å². The molecular weight excluding hydrogens is 315 g/mol. The smallest absolute Gasteiger partial charge is 0.279 e. The predicted molar refractivity (Wildman–Crippen MR) is 88.4 cm³/mol. The second-order valence-electron chi connectivity index (χ2n) is 5.13. The first-order chi connectivity index (χ1) is 11.0. The minimum Gasteiger partial charge on any atom is -0.495 e. The van der Waals surface area contributed by atoms with Gasteiger partial charge in [-0.2, -0.15) is 4.99 Å². The fourth-order valence-electron chi connectivity index (χ4n) is 2.39. The molecule has 0 saturated heterocycles. The Bertz CT molecular complexity index is 972. The molecule has 1 amide bonds. The van der Waals surface area contributed by atoms with Crippen molar-refractivity contribution in [1.82, 2.24) is 4.57 Å². The van der Waals surface area contributed by atoms with Crippen molar-refractivity contribution >= 4 is 27.5 Å². The van der Waals surface area contributed by atoms with Crippen LogP contribution in [0.25, 0.3) is 10.2 Å². The topological polar surface area (TPSA) is 43.6 Å². The van der Waals surface area contributed by atoms with E-state index in [1.54, 1.807) is 13.2 Å². The normalized spacial score (nSPS) is 11.9. The third-order valence-electron chi connectivity index (χ3n) is 3.60. The zero-order valence-corrected chi connectivity index (χ0v) is 13.8. The predicted octanol–water partition coefficient (Wildman–Crippen LogP) is 3.44. The quantitative estimate of drug-likeness (QED) is 0.722. The van der Waals surface area contributed by atoms with Crippen LogP contribution in [0.15, 0.2) is 41.4 Å². The molecule has 0 bridgehead atoms. The van der Waals surface area contributed by atoms with Crippen molar-refractivity contribution in [3.63, 3.8) is 0 Å². The number of amides is 1. The largest absolute Gasteiger partial charge is 0.495 e. The molecule has 0 radical (unpaired) electrons. The van der Waals surface area contributed by atoms with E-state index in [0.29, 0.717) is 4.80 Å². The summed E-state index contributed by atoms with van der Waals surface area (Å²) < 4.78 is 21.5. The van der Waals surface area contributed by atoms with Gasteiger partial charge >= 0.3 is 0 Å². The van der Waals surface area contributed by atoms with E-state index >= 15 is 0 Å². The number of carbonyl (C=O) groups excluding carboxylic acids is 1. The maximum atomic E-state index is 13.3. The van der Waals surface area contributed by atoms with Crippen LogP contribution in [0.3, 0.4) is 0 Å². The molecule has 0 aliphatic rings. The first-order valence-electron chi connectivity index (χ1n) is 6.99. The Morgan fingerprint density at radius 1 is 1.30 bits per heavy atom. The third-order valence-corrected chi connectivity index (χ3v) is 4.86. The maximum absolute atomic E-state index is 13.3. The first kappa shape index (κ1) is 15.4. The van der Waals surface area contributed by atoms with Gasteiger partial charge < -0.3 is 9.30 Å². The second kappa shape index (κ2) is 5.96. The van der Waals surface area contributed by atoms with Gasteiger partial charge in [0.25, 0.3) is 5.91 Å². The number of rotatable bonds is 2. The van der Waals surface area contributed by atoms with Crippen molar-refractivity contribution in [2.75, 3.05) is 7.11 Å². The Hall–Kier alpha value is -2.47. The number of aromatic nitrogens is 1. The lowest BCUT2D eigenvalue weighted by atomic mass is 10.2. The molecule has 0 fully saturated rings. The molecule has 0 spiro atoms. The van der Waals surface area contributed by atoms with E-state index in [-0.39, 0.29) is 5.56 Å². The highest BCUT2D eigenvalue weighted by Gasteiger charge is 2.12. The van der Waals surface area contributed by atoms with Crippen molar-refractivity contribution in [3.8, 4) is 5.75 Å². The summed E-state index contributed by atoms with van der Waals surface area (Å²) in [5, 5.41) is 0. The number of halogens is 1. The fourth-order valence-corrected chi connectivity index (χ4v) is 3.49. The lowest BCUT2D eigenvalue weighted by Gasteiger charge is -2.05. The molecule has 118 valence electrons. The summed E-state index contributed by atoms with van der Waals surface area (Å²) in [5.41, 5.74) is 2.20. The van der Waals surface area contributed by atoms with Gasteiger partial charge in [-0.15, -0.1) is 0 Å². The summed E-state index contributed by atoms with van der Waals surface area (Å²) in [4.78, 5) is 17.0. The summed E-state index contributed by atoms with van der Waals surface area (Å²) in [6.07, 6.45) is 0.